The summed E-state index contributed by atoms with van der Waals surface area (Å²) in [6, 6.07) is 5.60. The minimum Gasteiger partial charge on any atom is -0.495 e. The summed E-state index contributed by atoms with van der Waals surface area (Å²) in [6.07, 6.45) is -0.492. The summed E-state index contributed by atoms with van der Waals surface area (Å²) in [6.45, 7) is 1.46. The molecule has 1 aromatic carbocycles. The SMILES string of the molecule is COCC(O)CNCc1ccc(OC)c(Cl)c1. The van der Waals surface area contributed by atoms with Crippen molar-refractivity contribution in [3.05, 3.63) is 28.8 Å². The Kier molecular flexibility index (Phi) is 6.29. The van der Waals surface area contributed by atoms with Crippen molar-refractivity contribution in [3.63, 3.8) is 0 Å². The number of benzene rings is 1. The molecule has 5 heteroatoms. The minimum atomic E-state index is -0.492. The number of ether oxygens (including phenoxy) is 2. The second-order valence-electron chi connectivity index (χ2n) is 3.71. The van der Waals surface area contributed by atoms with Crippen molar-refractivity contribution in [1.82, 2.24) is 5.32 Å². The van der Waals surface area contributed by atoms with Crippen molar-refractivity contribution in [1.29, 1.82) is 0 Å². The summed E-state index contributed by atoms with van der Waals surface area (Å²) in [7, 11) is 3.15. The van der Waals surface area contributed by atoms with Crippen LogP contribution in [0.1, 0.15) is 5.56 Å². The zero-order valence-corrected chi connectivity index (χ0v) is 10.8. The Labute approximate surface area is 106 Å². The first-order valence-electron chi connectivity index (χ1n) is 5.37. The van der Waals surface area contributed by atoms with Crippen molar-refractivity contribution < 1.29 is 14.6 Å². The van der Waals surface area contributed by atoms with Gasteiger partial charge in [-0.3, -0.25) is 0 Å². The fraction of sp³-hybridized carbons (Fsp3) is 0.500. The number of rotatable bonds is 7. The van der Waals surface area contributed by atoms with Crippen LogP contribution >= 0.6 is 11.6 Å². The van der Waals surface area contributed by atoms with Gasteiger partial charge in [-0.05, 0) is 17.7 Å². The number of aliphatic hydroxyl groups is 1. The summed E-state index contributed by atoms with van der Waals surface area (Å²) in [4.78, 5) is 0. The molecule has 17 heavy (non-hydrogen) atoms. The molecule has 0 amide bonds. The van der Waals surface area contributed by atoms with Gasteiger partial charge in [0.2, 0.25) is 0 Å². The third-order valence-corrected chi connectivity index (χ3v) is 2.58. The van der Waals surface area contributed by atoms with Gasteiger partial charge in [0.25, 0.3) is 0 Å². The zero-order valence-electron chi connectivity index (χ0n) is 10.1. The summed E-state index contributed by atoms with van der Waals surface area (Å²) < 4.78 is 9.89. The monoisotopic (exact) mass is 259 g/mol. The average Bonchev–Trinajstić information content (AvgIpc) is 2.29. The number of hydrogen-bond donors (Lipinski definition) is 2. The van der Waals surface area contributed by atoms with E-state index in [-0.39, 0.29) is 0 Å². The average molecular weight is 260 g/mol. The molecular weight excluding hydrogens is 242 g/mol. The highest BCUT2D eigenvalue weighted by Crippen LogP contribution is 2.24. The maximum absolute atomic E-state index is 9.43. The first-order valence-corrected chi connectivity index (χ1v) is 5.75. The van der Waals surface area contributed by atoms with Crippen LogP contribution in [0.3, 0.4) is 0 Å². The van der Waals surface area contributed by atoms with Gasteiger partial charge < -0.3 is 19.9 Å². The van der Waals surface area contributed by atoms with Crippen LogP contribution in [0.25, 0.3) is 0 Å². The van der Waals surface area contributed by atoms with E-state index in [1.54, 1.807) is 14.2 Å². The predicted octanol–water partition coefficient (Wildman–Crippen LogP) is 1.45. The van der Waals surface area contributed by atoms with Crippen LogP contribution in [-0.4, -0.2) is 38.6 Å². The smallest absolute Gasteiger partial charge is 0.137 e. The van der Waals surface area contributed by atoms with Crippen molar-refractivity contribution >= 4 is 11.6 Å². The van der Waals surface area contributed by atoms with Gasteiger partial charge in [0, 0.05) is 20.2 Å². The zero-order chi connectivity index (χ0) is 12.7. The summed E-state index contributed by atoms with van der Waals surface area (Å²) in [5.41, 5.74) is 1.04. The van der Waals surface area contributed by atoms with E-state index in [1.165, 1.54) is 0 Å². The van der Waals surface area contributed by atoms with Gasteiger partial charge >= 0.3 is 0 Å². The van der Waals surface area contributed by atoms with E-state index in [2.05, 4.69) is 5.32 Å². The van der Waals surface area contributed by atoms with Crippen LogP contribution in [0.15, 0.2) is 18.2 Å². The molecule has 1 atom stereocenters. The molecule has 1 aromatic rings. The number of methoxy groups -OCH3 is 2. The number of nitrogens with one attached hydrogen (secondary N) is 1. The first kappa shape index (κ1) is 14.3. The second-order valence-corrected chi connectivity index (χ2v) is 4.12. The van der Waals surface area contributed by atoms with Gasteiger partial charge in [-0.15, -0.1) is 0 Å². The Bertz CT molecular complexity index is 347. The molecule has 0 radical (unpaired) electrons. The lowest BCUT2D eigenvalue weighted by Crippen LogP contribution is -2.29. The molecule has 0 spiro atoms. The van der Waals surface area contributed by atoms with Crippen LogP contribution in [0.5, 0.6) is 5.75 Å². The largest absolute Gasteiger partial charge is 0.495 e. The van der Waals surface area contributed by atoms with Crippen LogP contribution in [0.4, 0.5) is 0 Å². The molecule has 96 valence electrons. The van der Waals surface area contributed by atoms with E-state index in [0.29, 0.717) is 30.5 Å². The van der Waals surface area contributed by atoms with E-state index in [0.717, 1.165) is 5.56 Å². The number of aliphatic hydroxyl groups excluding tert-OH is 1. The Balaban J connectivity index is 2.39. The minimum absolute atomic E-state index is 0.330. The summed E-state index contributed by atoms with van der Waals surface area (Å²) in [5, 5.41) is 13.1. The molecule has 0 saturated carbocycles. The van der Waals surface area contributed by atoms with E-state index in [9.17, 15) is 5.11 Å². The van der Waals surface area contributed by atoms with Crippen LogP contribution < -0.4 is 10.1 Å². The predicted molar refractivity (Wildman–Crippen MR) is 67.6 cm³/mol. The summed E-state index contributed by atoms with van der Waals surface area (Å²) >= 11 is 6.00. The molecule has 0 fully saturated rings. The number of halogens is 1. The molecule has 0 saturated heterocycles. The first-order chi connectivity index (χ1) is 8.17. The molecule has 0 bridgehead atoms. The van der Waals surface area contributed by atoms with Gasteiger partial charge in [0.05, 0.1) is 24.8 Å². The molecule has 0 heterocycles. The maximum atomic E-state index is 9.43. The topological polar surface area (TPSA) is 50.7 Å². The lowest BCUT2D eigenvalue weighted by Gasteiger charge is -2.11. The highest BCUT2D eigenvalue weighted by molar-refractivity contribution is 6.32. The van der Waals surface area contributed by atoms with Crippen molar-refractivity contribution in [2.24, 2.45) is 0 Å². The highest BCUT2D eigenvalue weighted by Gasteiger charge is 2.04. The Morgan fingerprint density at radius 2 is 2.18 bits per heavy atom. The Morgan fingerprint density at radius 1 is 1.41 bits per heavy atom. The standard InChI is InChI=1S/C12H18ClNO3/c1-16-8-10(15)7-14-6-9-3-4-12(17-2)11(13)5-9/h3-5,10,14-15H,6-8H2,1-2H3. The van der Waals surface area contributed by atoms with E-state index in [1.807, 2.05) is 18.2 Å². The lowest BCUT2D eigenvalue weighted by atomic mass is 10.2. The van der Waals surface area contributed by atoms with Crippen molar-refractivity contribution in [2.45, 2.75) is 12.6 Å². The molecule has 1 rings (SSSR count). The van der Waals surface area contributed by atoms with Gasteiger partial charge in [0.15, 0.2) is 0 Å². The van der Waals surface area contributed by atoms with Gasteiger partial charge in [0.1, 0.15) is 5.75 Å². The third-order valence-electron chi connectivity index (χ3n) is 2.28. The molecule has 0 aliphatic rings. The fourth-order valence-corrected chi connectivity index (χ4v) is 1.73. The maximum Gasteiger partial charge on any atom is 0.137 e. The molecule has 2 N–H and O–H groups in total. The fourth-order valence-electron chi connectivity index (χ4n) is 1.45. The van der Waals surface area contributed by atoms with Crippen molar-refractivity contribution in [2.75, 3.05) is 27.4 Å². The quantitative estimate of drug-likeness (QED) is 0.778. The molecule has 1 unspecified atom stereocenters. The molecular formula is C12H18ClNO3. The number of hydrogen-bond acceptors (Lipinski definition) is 4. The highest BCUT2D eigenvalue weighted by atomic mass is 35.5. The lowest BCUT2D eigenvalue weighted by molar-refractivity contribution is 0.0644. The van der Waals surface area contributed by atoms with E-state index in [4.69, 9.17) is 21.1 Å². The van der Waals surface area contributed by atoms with Crippen LogP contribution in [-0.2, 0) is 11.3 Å². The van der Waals surface area contributed by atoms with Crippen molar-refractivity contribution in [3.8, 4) is 5.75 Å². The molecule has 0 aliphatic carbocycles. The molecule has 4 nitrogen and oxygen atoms in total. The normalized spacial score (nSPS) is 12.5. The van der Waals surface area contributed by atoms with Gasteiger partial charge in [-0.25, -0.2) is 0 Å². The molecule has 0 aromatic heterocycles. The van der Waals surface area contributed by atoms with Crippen LogP contribution in [0, 0.1) is 0 Å². The third kappa shape index (κ3) is 4.91. The summed E-state index contributed by atoms with van der Waals surface area (Å²) in [5.74, 6) is 0.662. The van der Waals surface area contributed by atoms with E-state index < -0.39 is 6.10 Å². The van der Waals surface area contributed by atoms with E-state index >= 15 is 0 Å². The second kappa shape index (κ2) is 7.50. The molecule has 0 aliphatic heterocycles. The van der Waals surface area contributed by atoms with Gasteiger partial charge in [-0.1, -0.05) is 17.7 Å². The van der Waals surface area contributed by atoms with Gasteiger partial charge in [-0.2, -0.15) is 0 Å². The Hall–Kier alpha value is -0.810. The van der Waals surface area contributed by atoms with Crippen LogP contribution in [0.2, 0.25) is 5.02 Å². The Morgan fingerprint density at radius 3 is 2.76 bits per heavy atom.